The van der Waals surface area contributed by atoms with E-state index in [1.807, 2.05) is 0 Å². The summed E-state index contributed by atoms with van der Waals surface area (Å²) in [6.45, 7) is 3.89. The molecule has 326 valence electrons. The lowest BCUT2D eigenvalue weighted by Crippen LogP contribution is -2.29. The van der Waals surface area contributed by atoms with Crippen molar-refractivity contribution >= 4 is 19.8 Å². The van der Waals surface area contributed by atoms with Gasteiger partial charge in [-0.25, -0.2) is 4.57 Å². The standard InChI is InChI=1S/C46H89O8P/c1-4-6-8-10-12-14-16-18-19-20-21-22-23-24-25-26-27-28-29-31-32-34-36-38-40-45(47)52-42-44(43-53-55(49,50)51-3)54-46(48)41-39-37-35-33-30-17-15-13-11-9-7-5-2/h13,15,44H,4-12,14,16-43H2,1-3H3,(H,49,50)/b15-13-. The van der Waals surface area contributed by atoms with E-state index in [2.05, 4.69) is 30.5 Å². The number of unbranched alkanes of at least 4 members (excludes halogenated alkanes) is 31. The van der Waals surface area contributed by atoms with Gasteiger partial charge in [-0.2, -0.15) is 0 Å². The lowest BCUT2D eigenvalue weighted by atomic mass is 10.0. The fraction of sp³-hybridized carbons (Fsp3) is 0.913. The fourth-order valence-corrected chi connectivity index (χ4v) is 7.35. The summed E-state index contributed by atoms with van der Waals surface area (Å²) in [4.78, 5) is 34.5. The molecule has 8 nitrogen and oxygen atoms in total. The molecule has 0 aromatic rings. The molecule has 0 rings (SSSR count). The molecule has 0 saturated carbocycles. The molecule has 0 amide bonds. The molecular weight excluding hydrogens is 711 g/mol. The minimum absolute atomic E-state index is 0.223. The average Bonchev–Trinajstić information content (AvgIpc) is 3.18. The average molecular weight is 801 g/mol. The van der Waals surface area contributed by atoms with E-state index in [0.717, 1.165) is 58.5 Å². The number of hydrogen-bond donors (Lipinski definition) is 1. The topological polar surface area (TPSA) is 108 Å². The van der Waals surface area contributed by atoms with Crippen molar-refractivity contribution in [2.75, 3.05) is 20.3 Å². The van der Waals surface area contributed by atoms with Crippen molar-refractivity contribution in [3.05, 3.63) is 12.2 Å². The summed E-state index contributed by atoms with van der Waals surface area (Å²) in [6, 6.07) is 0. The quantitative estimate of drug-likeness (QED) is 0.0281. The number of carbonyl (C=O) groups is 2. The lowest BCUT2D eigenvalue weighted by Gasteiger charge is -2.19. The van der Waals surface area contributed by atoms with Crippen molar-refractivity contribution < 1.29 is 37.6 Å². The number of hydrogen-bond acceptors (Lipinski definition) is 7. The number of esters is 2. The first-order chi connectivity index (χ1) is 26.8. The van der Waals surface area contributed by atoms with Crippen LogP contribution >= 0.6 is 7.82 Å². The van der Waals surface area contributed by atoms with Gasteiger partial charge in [0.1, 0.15) is 6.61 Å². The largest absolute Gasteiger partial charge is 0.472 e. The zero-order valence-corrected chi connectivity index (χ0v) is 37.2. The van der Waals surface area contributed by atoms with E-state index >= 15 is 0 Å². The highest BCUT2D eigenvalue weighted by Gasteiger charge is 2.24. The fourth-order valence-electron chi connectivity index (χ4n) is 6.89. The Balaban J connectivity index is 3.82. The number of allylic oxidation sites excluding steroid dienone is 2. The monoisotopic (exact) mass is 801 g/mol. The minimum atomic E-state index is -4.26. The highest BCUT2D eigenvalue weighted by molar-refractivity contribution is 7.47. The Labute approximate surface area is 340 Å². The Morgan fingerprint density at radius 3 is 1.22 bits per heavy atom. The Morgan fingerprint density at radius 2 is 0.818 bits per heavy atom. The number of rotatable bonds is 44. The SMILES string of the molecule is CCCCC/C=C\CCCCCCCC(=O)OC(COC(=O)CCCCCCCCCCCCCCCCCCCCCCCCCC)COP(=O)(O)OC. The van der Waals surface area contributed by atoms with E-state index in [1.165, 1.54) is 161 Å². The van der Waals surface area contributed by atoms with E-state index < -0.39 is 26.5 Å². The maximum atomic E-state index is 12.5. The van der Waals surface area contributed by atoms with Gasteiger partial charge < -0.3 is 14.4 Å². The van der Waals surface area contributed by atoms with Crippen molar-refractivity contribution in [2.24, 2.45) is 0 Å². The maximum Gasteiger partial charge on any atom is 0.472 e. The Hall–Kier alpha value is -1.21. The summed E-state index contributed by atoms with van der Waals surface area (Å²) >= 11 is 0. The minimum Gasteiger partial charge on any atom is -0.462 e. The normalized spacial score (nSPS) is 13.3. The molecule has 0 aliphatic rings. The molecule has 55 heavy (non-hydrogen) atoms. The second-order valence-corrected chi connectivity index (χ2v) is 17.5. The third kappa shape index (κ3) is 42.2. The van der Waals surface area contributed by atoms with Crippen LogP contribution in [0.25, 0.3) is 0 Å². The van der Waals surface area contributed by atoms with E-state index in [0.29, 0.717) is 12.8 Å². The highest BCUT2D eigenvalue weighted by atomic mass is 31.2. The van der Waals surface area contributed by atoms with Crippen molar-refractivity contribution in [3.8, 4) is 0 Å². The predicted octanol–water partition coefficient (Wildman–Crippen LogP) is 14.8. The summed E-state index contributed by atoms with van der Waals surface area (Å²) in [5.74, 6) is -0.801. The van der Waals surface area contributed by atoms with Crippen LogP contribution in [0, 0.1) is 0 Å². The molecule has 0 aliphatic carbocycles. The van der Waals surface area contributed by atoms with Gasteiger partial charge in [-0.1, -0.05) is 206 Å². The van der Waals surface area contributed by atoms with Crippen molar-refractivity contribution in [1.29, 1.82) is 0 Å². The number of carbonyl (C=O) groups excluding carboxylic acids is 2. The summed E-state index contributed by atoms with van der Waals surface area (Å²) in [6.07, 6.45) is 47.1. The van der Waals surface area contributed by atoms with Crippen LogP contribution in [0.15, 0.2) is 12.2 Å². The molecule has 0 aromatic carbocycles. The molecule has 0 saturated heterocycles. The second kappa shape index (κ2) is 42.4. The smallest absolute Gasteiger partial charge is 0.462 e. The van der Waals surface area contributed by atoms with Gasteiger partial charge in [0.05, 0.1) is 6.61 Å². The van der Waals surface area contributed by atoms with Gasteiger partial charge in [0.25, 0.3) is 0 Å². The molecule has 2 unspecified atom stereocenters. The van der Waals surface area contributed by atoms with E-state index in [1.54, 1.807) is 0 Å². The zero-order chi connectivity index (χ0) is 40.3. The molecule has 1 N–H and O–H groups in total. The zero-order valence-electron chi connectivity index (χ0n) is 36.4. The highest BCUT2D eigenvalue weighted by Crippen LogP contribution is 2.42. The summed E-state index contributed by atoms with van der Waals surface area (Å²) < 4.78 is 32.0. The Kier molecular flexibility index (Phi) is 41.5. The Bertz CT molecular complexity index is 910. The van der Waals surface area contributed by atoms with Gasteiger partial charge in [-0.05, 0) is 38.5 Å². The van der Waals surface area contributed by atoms with E-state index in [4.69, 9.17) is 14.0 Å². The first kappa shape index (κ1) is 53.8. The van der Waals surface area contributed by atoms with Gasteiger partial charge >= 0.3 is 19.8 Å². The lowest BCUT2D eigenvalue weighted by molar-refractivity contribution is -0.161. The van der Waals surface area contributed by atoms with E-state index in [-0.39, 0.29) is 19.0 Å². The van der Waals surface area contributed by atoms with Gasteiger partial charge in [0.15, 0.2) is 6.10 Å². The molecule has 0 aromatic heterocycles. The van der Waals surface area contributed by atoms with Crippen LogP contribution in [0.2, 0.25) is 0 Å². The Morgan fingerprint density at radius 1 is 0.491 bits per heavy atom. The summed E-state index contributed by atoms with van der Waals surface area (Å²) in [5.41, 5.74) is 0. The number of ether oxygens (including phenoxy) is 2. The van der Waals surface area contributed by atoms with Gasteiger partial charge in [-0.3, -0.25) is 18.6 Å². The van der Waals surface area contributed by atoms with Crippen molar-refractivity contribution in [1.82, 2.24) is 0 Å². The van der Waals surface area contributed by atoms with Gasteiger partial charge in [0.2, 0.25) is 0 Å². The first-order valence-electron chi connectivity index (χ1n) is 23.4. The van der Waals surface area contributed by atoms with Gasteiger partial charge in [0, 0.05) is 20.0 Å². The summed E-state index contributed by atoms with van der Waals surface area (Å²) in [7, 11) is -3.19. The van der Waals surface area contributed by atoms with Gasteiger partial charge in [-0.15, -0.1) is 0 Å². The third-order valence-corrected chi connectivity index (χ3v) is 11.4. The van der Waals surface area contributed by atoms with Crippen molar-refractivity contribution in [2.45, 2.75) is 251 Å². The molecule has 0 aliphatic heterocycles. The van der Waals surface area contributed by atoms with Crippen LogP contribution in [0.3, 0.4) is 0 Å². The first-order valence-corrected chi connectivity index (χ1v) is 24.9. The van der Waals surface area contributed by atoms with E-state index in [9.17, 15) is 19.0 Å². The molecule has 0 radical (unpaired) electrons. The molecule has 0 heterocycles. The molecular formula is C46H89O8P. The van der Waals surface area contributed by atoms with Crippen molar-refractivity contribution in [3.63, 3.8) is 0 Å². The second-order valence-electron chi connectivity index (χ2n) is 15.9. The number of phosphoric ester groups is 1. The maximum absolute atomic E-state index is 12.5. The molecule has 0 fully saturated rings. The van der Waals surface area contributed by atoms with Crippen LogP contribution in [0.1, 0.15) is 245 Å². The van der Waals surface area contributed by atoms with Crippen LogP contribution < -0.4 is 0 Å². The summed E-state index contributed by atoms with van der Waals surface area (Å²) in [5, 5.41) is 0. The molecule has 2 atom stereocenters. The van der Waals surface area contributed by atoms with Crippen LogP contribution in [-0.2, 0) is 32.7 Å². The third-order valence-electron chi connectivity index (χ3n) is 10.5. The molecule has 0 spiro atoms. The van der Waals surface area contributed by atoms with Crippen LogP contribution in [-0.4, -0.2) is 43.3 Å². The van der Waals surface area contributed by atoms with Crippen LogP contribution in [0.5, 0.6) is 0 Å². The molecule has 0 bridgehead atoms. The van der Waals surface area contributed by atoms with Crippen LogP contribution in [0.4, 0.5) is 0 Å². The molecule has 9 heteroatoms. The predicted molar refractivity (Wildman–Crippen MR) is 230 cm³/mol. The number of phosphoric acid groups is 1.